The van der Waals surface area contributed by atoms with Gasteiger partial charge in [0.2, 0.25) is 0 Å². The molecule has 124 valence electrons. The van der Waals surface area contributed by atoms with Gasteiger partial charge < -0.3 is 5.32 Å². The van der Waals surface area contributed by atoms with Crippen molar-refractivity contribution in [1.29, 1.82) is 0 Å². The van der Waals surface area contributed by atoms with Crippen LogP contribution in [-0.4, -0.2) is 44.9 Å². The third-order valence-corrected chi connectivity index (χ3v) is 6.54. The zero-order valence-electron chi connectivity index (χ0n) is 13.5. The second-order valence-electron chi connectivity index (χ2n) is 6.95. The second-order valence-corrected chi connectivity index (χ2v) is 8.66. The Morgan fingerprint density at radius 3 is 2.62 bits per heavy atom. The van der Waals surface area contributed by atoms with Gasteiger partial charge in [-0.25, -0.2) is 4.72 Å². The highest BCUT2D eigenvalue weighted by Crippen LogP contribution is 2.39. The van der Waals surface area contributed by atoms with Crippen molar-refractivity contribution in [2.45, 2.75) is 64.8 Å². The highest BCUT2D eigenvalue weighted by molar-refractivity contribution is 7.87. The summed E-state index contributed by atoms with van der Waals surface area (Å²) in [5.74, 6) is 0. The molecule has 1 heterocycles. The molecule has 0 radical (unpaired) electrons. The van der Waals surface area contributed by atoms with Crippen LogP contribution in [0.1, 0.15) is 58.8 Å². The summed E-state index contributed by atoms with van der Waals surface area (Å²) in [5, 5.41) is 3.37. The van der Waals surface area contributed by atoms with Gasteiger partial charge in [-0.1, -0.05) is 26.7 Å². The molecule has 2 rings (SSSR count). The van der Waals surface area contributed by atoms with E-state index in [4.69, 9.17) is 0 Å². The lowest BCUT2D eigenvalue weighted by Gasteiger charge is -2.40. The smallest absolute Gasteiger partial charge is 0.279 e. The van der Waals surface area contributed by atoms with Crippen LogP contribution >= 0.6 is 0 Å². The van der Waals surface area contributed by atoms with Crippen LogP contribution in [0.4, 0.5) is 0 Å². The fraction of sp³-hybridized carbons (Fsp3) is 1.00. The van der Waals surface area contributed by atoms with Crippen molar-refractivity contribution in [2.75, 3.05) is 26.2 Å². The van der Waals surface area contributed by atoms with E-state index >= 15 is 0 Å². The van der Waals surface area contributed by atoms with Crippen LogP contribution in [0.15, 0.2) is 0 Å². The van der Waals surface area contributed by atoms with E-state index in [0.29, 0.717) is 13.1 Å². The van der Waals surface area contributed by atoms with E-state index in [1.807, 2.05) is 0 Å². The molecule has 1 aliphatic heterocycles. The summed E-state index contributed by atoms with van der Waals surface area (Å²) in [7, 11) is -3.34. The molecule has 2 N–H and O–H groups in total. The van der Waals surface area contributed by atoms with Crippen molar-refractivity contribution in [1.82, 2.24) is 14.3 Å². The van der Waals surface area contributed by atoms with Crippen molar-refractivity contribution >= 4 is 10.2 Å². The molecule has 6 heteroatoms. The Balaban J connectivity index is 1.91. The maximum Gasteiger partial charge on any atom is 0.279 e. The van der Waals surface area contributed by atoms with Crippen LogP contribution in [0.3, 0.4) is 0 Å². The molecule has 21 heavy (non-hydrogen) atoms. The Morgan fingerprint density at radius 2 is 2.00 bits per heavy atom. The van der Waals surface area contributed by atoms with Gasteiger partial charge in [-0.15, -0.1) is 0 Å². The molecule has 1 saturated carbocycles. The number of hydrogen-bond acceptors (Lipinski definition) is 3. The van der Waals surface area contributed by atoms with Gasteiger partial charge in [-0.3, -0.25) is 0 Å². The molecule has 0 amide bonds. The molecule has 0 spiro atoms. The Kier molecular flexibility index (Phi) is 6.05. The van der Waals surface area contributed by atoms with Crippen LogP contribution in [0.2, 0.25) is 0 Å². The lowest BCUT2D eigenvalue weighted by atomic mass is 9.71. The monoisotopic (exact) mass is 317 g/mol. The molecule has 0 bridgehead atoms. The average molecular weight is 317 g/mol. The fourth-order valence-corrected chi connectivity index (χ4v) is 4.88. The first kappa shape index (κ1) is 17.2. The summed E-state index contributed by atoms with van der Waals surface area (Å²) in [5.41, 5.74) is 0.179. The summed E-state index contributed by atoms with van der Waals surface area (Å²) in [4.78, 5) is 0. The van der Waals surface area contributed by atoms with Gasteiger partial charge in [0.05, 0.1) is 0 Å². The van der Waals surface area contributed by atoms with Crippen LogP contribution < -0.4 is 10.0 Å². The Bertz CT molecular complexity index is 421. The van der Waals surface area contributed by atoms with Crippen LogP contribution in [-0.2, 0) is 10.2 Å². The minimum atomic E-state index is -3.34. The SMILES string of the molecule is CCCNCC1CCCCN1S(=O)(=O)NCC1(C)CCC1. The lowest BCUT2D eigenvalue weighted by molar-refractivity contribution is 0.163. The Labute approximate surface area is 130 Å². The van der Waals surface area contributed by atoms with Crippen LogP contribution in [0, 0.1) is 5.41 Å². The van der Waals surface area contributed by atoms with E-state index in [9.17, 15) is 8.42 Å². The summed E-state index contributed by atoms with van der Waals surface area (Å²) in [6, 6.07) is 0.108. The number of rotatable bonds is 8. The molecule has 1 unspecified atom stereocenters. The molecule has 5 nitrogen and oxygen atoms in total. The third kappa shape index (κ3) is 4.65. The quantitative estimate of drug-likeness (QED) is 0.672. The minimum absolute atomic E-state index is 0.108. The normalized spacial score (nSPS) is 26.5. The van der Waals surface area contributed by atoms with Crippen LogP contribution in [0.5, 0.6) is 0 Å². The second kappa shape index (κ2) is 7.40. The first-order chi connectivity index (χ1) is 9.97. The van der Waals surface area contributed by atoms with E-state index in [-0.39, 0.29) is 11.5 Å². The Morgan fingerprint density at radius 1 is 1.24 bits per heavy atom. The topological polar surface area (TPSA) is 61.4 Å². The van der Waals surface area contributed by atoms with Crippen molar-refractivity contribution in [3.8, 4) is 0 Å². The average Bonchev–Trinajstić information content (AvgIpc) is 2.44. The highest BCUT2D eigenvalue weighted by atomic mass is 32.2. The van der Waals surface area contributed by atoms with Gasteiger partial charge >= 0.3 is 0 Å². The van der Waals surface area contributed by atoms with E-state index < -0.39 is 10.2 Å². The predicted octanol–water partition coefficient (Wildman–Crippen LogP) is 1.87. The first-order valence-corrected chi connectivity index (χ1v) is 9.88. The van der Waals surface area contributed by atoms with Crippen molar-refractivity contribution in [3.63, 3.8) is 0 Å². The van der Waals surface area contributed by atoms with Crippen LogP contribution in [0.25, 0.3) is 0 Å². The molecular formula is C15H31N3O2S. The van der Waals surface area contributed by atoms with E-state index in [2.05, 4.69) is 23.9 Å². The molecule has 0 aromatic carbocycles. The highest BCUT2D eigenvalue weighted by Gasteiger charge is 2.36. The zero-order chi connectivity index (χ0) is 15.3. The van der Waals surface area contributed by atoms with Crippen molar-refractivity contribution < 1.29 is 8.42 Å². The largest absolute Gasteiger partial charge is 0.315 e. The van der Waals surface area contributed by atoms with Gasteiger partial charge in [-0.05, 0) is 44.1 Å². The van der Waals surface area contributed by atoms with Gasteiger partial charge in [0, 0.05) is 25.7 Å². The molecule has 1 saturated heterocycles. The van der Waals surface area contributed by atoms with E-state index in [1.54, 1.807) is 4.31 Å². The maximum absolute atomic E-state index is 12.6. The summed E-state index contributed by atoms with van der Waals surface area (Å²) < 4.78 is 29.8. The standard InChI is InChI=1S/C15H31N3O2S/c1-3-10-16-12-14-7-4-5-11-18(14)21(19,20)17-13-15(2)8-6-9-15/h14,16-17H,3-13H2,1-2H3. The zero-order valence-corrected chi connectivity index (χ0v) is 14.3. The van der Waals surface area contributed by atoms with Gasteiger partial charge in [0.1, 0.15) is 0 Å². The van der Waals surface area contributed by atoms with E-state index in [1.165, 1.54) is 6.42 Å². The van der Waals surface area contributed by atoms with Gasteiger partial charge in [0.25, 0.3) is 10.2 Å². The Hall–Kier alpha value is -0.170. The predicted molar refractivity (Wildman–Crippen MR) is 86.4 cm³/mol. The molecule has 1 atom stereocenters. The number of nitrogens with one attached hydrogen (secondary N) is 2. The first-order valence-electron chi connectivity index (χ1n) is 8.44. The van der Waals surface area contributed by atoms with Crippen molar-refractivity contribution in [3.05, 3.63) is 0 Å². The van der Waals surface area contributed by atoms with E-state index in [0.717, 1.165) is 51.6 Å². The summed E-state index contributed by atoms with van der Waals surface area (Å²) in [6.45, 7) is 7.27. The maximum atomic E-state index is 12.6. The lowest BCUT2D eigenvalue weighted by Crippen LogP contribution is -2.54. The molecule has 2 aliphatic rings. The van der Waals surface area contributed by atoms with Gasteiger partial charge in [-0.2, -0.15) is 12.7 Å². The molecule has 0 aromatic rings. The minimum Gasteiger partial charge on any atom is -0.315 e. The molecule has 0 aromatic heterocycles. The molecule has 1 aliphatic carbocycles. The summed E-state index contributed by atoms with van der Waals surface area (Å²) in [6.07, 6.45) is 7.65. The fourth-order valence-electron chi connectivity index (χ4n) is 3.25. The number of nitrogens with zero attached hydrogens (tertiary/aromatic N) is 1. The third-order valence-electron chi connectivity index (χ3n) is 4.93. The number of hydrogen-bond donors (Lipinski definition) is 2. The number of piperidine rings is 1. The van der Waals surface area contributed by atoms with Gasteiger partial charge in [0.15, 0.2) is 0 Å². The van der Waals surface area contributed by atoms with Crippen molar-refractivity contribution in [2.24, 2.45) is 5.41 Å². The molecule has 2 fully saturated rings. The molecular weight excluding hydrogens is 286 g/mol. The summed E-state index contributed by atoms with van der Waals surface area (Å²) >= 11 is 0.